The lowest BCUT2D eigenvalue weighted by molar-refractivity contribution is -0.130. The number of carbonyl (C=O) groups is 1. The molecule has 25 heavy (non-hydrogen) atoms. The Morgan fingerprint density at radius 2 is 1.92 bits per heavy atom. The number of carbonyl (C=O) groups excluding carboxylic acids is 1. The van der Waals surface area contributed by atoms with Gasteiger partial charge in [-0.15, -0.1) is 0 Å². The molecule has 1 amide bonds. The molecule has 0 saturated carbocycles. The highest BCUT2D eigenvalue weighted by Crippen LogP contribution is 2.16. The van der Waals surface area contributed by atoms with Crippen LogP contribution in [0.15, 0.2) is 29.8 Å². The van der Waals surface area contributed by atoms with Gasteiger partial charge in [0.2, 0.25) is 0 Å². The lowest BCUT2D eigenvalue weighted by Crippen LogP contribution is -2.42. The molecule has 0 aliphatic carbocycles. The van der Waals surface area contributed by atoms with Gasteiger partial charge in [0.05, 0.1) is 30.8 Å². The molecule has 1 aromatic rings. The van der Waals surface area contributed by atoms with Gasteiger partial charge in [-0.1, -0.05) is 23.7 Å². The Hall–Kier alpha value is -1.88. The highest BCUT2D eigenvalue weighted by molar-refractivity contribution is 7.91. The standard InChI is InChI=1S/C17H19ClN2O4S/c18-16-4-2-14(3-5-16)12-15(13-25(22,23)11-1-6-19)17(21)20-7-9-24-10-8-20/h2-5,12H,1,7-11,13H2/b15-12+. The van der Waals surface area contributed by atoms with Crippen LogP contribution in [-0.4, -0.2) is 57.0 Å². The zero-order valence-electron chi connectivity index (χ0n) is 13.7. The van der Waals surface area contributed by atoms with Crippen molar-refractivity contribution in [1.82, 2.24) is 4.90 Å². The van der Waals surface area contributed by atoms with Gasteiger partial charge in [0.25, 0.3) is 5.91 Å². The summed E-state index contributed by atoms with van der Waals surface area (Å²) < 4.78 is 29.7. The maximum Gasteiger partial charge on any atom is 0.250 e. The predicted molar refractivity (Wildman–Crippen MR) is 95.7 cm³/mol. The first-order valence-corrected chi connectivity index (χ1v) is 10.0. The van der Waals surface area contributed by atoms with E-state index in [2.05, 4.69) is 0 Å². The average Bonchev–Trinajstić information content (AvgIpc) is 2.61. The number of ether oxygens (including phenoxy) is 1. The minimum Gasteiger partial charge on any atom is -0.378 e. The van der Waals surface area contributed by atoms with Crippen molar-refractivity contribution < 1.29 is 17.9 Å². The van der Waals surface area contributed by atoms with Crippen molar-refractivity contribution in [3.63, 3.8) is 0 Å². The Morgan fingerprint density at radius 3 is 2.52 bits per heavy atom. The smallest absolute Gasteiger partial charge is 0.250 e. The van der Waals surface area contributed by atoms with Crippen molar-refractivity contribution >= 4 is 33.4 Å². The highest BCUT2D eigenvalue weighted by Gasteiger charge is 2.24. The average molecular weight is 383 g/mol. The molecular weight excluding hydrogens is 364 g/mol. The molecule has 8 heteroatoms. The number of benzene rings is 1. The molecule has 1 heterocycles. The number of halogens is 1. The quantitative estimate of drug-likeness (QED) is 0.701. The maximum absolute atomic E-state index is 12.8. The van der Waals surface area contributed by atoms with E-state index in [9.17, 15) is 13.2 Å². The largest absolute Gasteiger partial charge is 0.378 e. The molecule has 2 rings (SSSR count). The third-order valence-corrected chi connectivity index (χ3v) is 5.51. The minimum absolute atomic E-state index is 0.0949. The first-order valence-electron chi connectivity index (χ1n) is 7.82. The first kappa shape index (κ1) is 19.4. The van der Waals surface area contributed by atoms with Gasteiger partial charge in [0.15, 0.2) is 9.84 Å². The van der Waals surface area contributed by atoms with E-state index in [0.717, 1.165) is 0 Å². The Morgan fingerprint density at radius 1 is 1.28 bits per heavy atom. The topological polar surface area (TPSA) is 87.5 Å². The second-order valence-corrected chi connectivity index (χ2v) is 8.25. The van der Waals surface area contributed by atoms with Crippen molar-refractivity contribution in [1.29, 1.82) is 5.26 Å². The molecule has 0 unspecified atom stereocenters. The zero-order chi connectivity index (χ0) is 18.3. The Labute approximate surface area is 152 Å². The molecule has 0 bridgehead atoms. The fourth-order valence-corrected chi connectivity index (χ4v) is 3.76. The number of hydrogen-bond donors (Lipinski definition) is 0. The molecule has 0 aromatic heterocycles. The number of rotatable bonds is 6. The summed E-state index contributed by atoms with van der Waals surface area (Å²) in [6.45, 7) is 1.71. The number of nitrogens with zero attached hydrogens (tertiary/aromatic N) is 2. The minimum atomic E-state index is -3.55. The van der Waals surface area contributed by atoms with Crippen molar-refractivity contribution in [2.24, 2.45) is 0 Å². The molecule has 1 aliphatic rings. The van der Waals surface area contributed by atoms with Gasteiger partial charge in [-0.3, -0.25) is 4.79 Å². The van der Waals surface area contributed by atoms with Crippen molar-refractivity contribution in [3.05, 3.63) is 40.4 Å². The Kier molecular flexibility index (Phi) is 7.00. The second-order valence-electron chi connectivity index (χ2n) is 5.63. The fraction of sp³-hybridized carbons (Fsp3) is 0.412. The van der Waals surface area contributed by atoms with Crippen LogP contribution in [0.2, 0.25) is 5.02 Å². The van der Waals surface area contributed by atoms with Gasteiger partial charge in [-0.05, 0) is 23.8 Å². The third kappa shape index (κ3) is 6.16. The van der Waals surface area contributed by atoms with E-state index in [1.165, 1.54) is 0 Å². The molecule has 1 aliphatic heterocycles. The molecule has 0 spiro atoms. The van der Waals surface area contributed by atoms with Crippen LogP contribution in [0.1, 0.15) is 12.0 Å². The fourth-order valence-electron chi connectivity index (χ4n) is 2.41. The van der Waals surface area contributed by atoms with Crippen LogP contribution in [0.5, 0.6) is 0 Å². The number of nitriles is 1. The van der Waals surface area contributed by atoms with E-state index in [-0.39, 0.29) is 23.7 Å². The van der Waals surface area contributed by atoms with Gasteiger partial charge < -0.3 is 9.64 Å². The van der Waals surface area contributed by atoms with Crippen molar-refractivity contribution in [2.45, 2.75) is 6.42 Å². The van der Waals surface area contributed by atoms with E-state index in [0.29, 0.717) is 36.9 Å². The number of sulfone groups is 1. The van der Waals surface area contributed by atoms with Crippen molar-refractivity contribution in [3.8, 4) is 6.07 Å². The number of morpholine rings is 1. The molecule has 0 atom stereocenters. The summed E-state index contributed by atoms with van der Waals surface area (Å²) in [7, 11) is -3.55. The third-order valence-electron chi connectivity index (χ3n) is 3.68. The molecule has 1 aromatic carbocycles. The molecule has 1 fully saturated rings. The zero-order valence-corrected chi connectivity index (χ0v) is 15.2. The second kappa shape index (κ2) is 8.99. The van der Waals surface area contributed by atoms with E-state index in [1.807, 2.05) is 6.07 Å². The summed E-state index contributed by atoms with van der Waals surface area (Å²) in [5.41, 5.74) is 0.874. The van der Waals surface area contributed by atoms with Gasteiger partial charge in [0.1, 0.15) is 0 Å². The predicted octanol–water partition coefficient (Wildman–Crippen LogP) is 1.91. The van der Waals surface area contributed by atoms with Gasteiger partial charge in [-0.25, -0.2) is 8.42 Å². The molecular formula is C17H19ClN2O4S. The van der Waals surface area contributed by atoms with Gasteiger partial charge in [-0.2, -0.15) is 5.26 Å². The molecule has 0 radical (unpaired) electrons. The van der Waals surface area contributed by atoms with Crippen LogP contribution in [0, 0.1) is 11.3 Å². The summed E-state index contributed by atoms with van der Waals surface area (Å²) in [6.07, 6.45) is 1.47. The van der Waals surface area contributed by atoms with Gasteiger partial charge >= 0.3 is 0 Å². The van der Waals surface area contributed by atoms with Crippen LogP contribution >= 0.6 is 11.6 Å². The summed E-state index contributed by atoms with van der Waals surface area (Å²) in [5, 5.41) is 9.16. The Bertz CT molecular complexity index is 776. The van der Waals surface area contributed by atoms with Crippen molar-refractivity contribution in [2.75, 3.05) is 37.8 Å². The monoisotopic (exact) mass is 382 g/mol. The van der Waals surface area contributed by atoms with Crippen LogP contribution in [0.25, 0.3) is 6.08 Å². The normalized spacial score (nSPS) is 15.7. The molecule has 1 saturated heterocycles. The van der Waals surface area contributed by atoms with Crippen LogP contribution < -0.4 is 0 Å². The number of amides is 1. The summed E-state index contributed by atoms with van der Waals surface area (Å²) in [4.78, 5) is 14.4. The highest BCUT2D eigenvalue weighted by atomic mass is 35.5. The van der Waals surface area contributed by atoms with Crippen LogP contribution in [0.4, 0.5) is 0 Å². The van der Waals surface area contributed by atoms with E-state index in [4.69, 9.17) is 21.6 Å². The molecule has 0 N–H and O–H groups in total. The summed E-state index contributed by atoms with van der Waals surface area (Å²) >= 11 is 5.86. The van der Waals surface area contributed by atoms with E-state index >= 15 is 0 Å². The molecule has 134 valence electrons. The maximum atomic E-state index is 12.8. The summed E-state index contributed by atoms with van der Waals surface area (Å²) in [5.74, 6) is -0.982. The molecule has 6 nitrogen and oxygen atoms in total. The number of hydrogen-bond acceptors (Lipinski definition) is 5. The van der Waals surface area contributed by atoms with Crippen LogP contribution in [0.3, 0.4) is 0 Å². The van der Waals surface area contributed by atoms with Gasteiger partial charge in [0, 0.05) is 30.1 Å². The Balaban J connectivity index is 2.28. The lowest BCUT2D eigenvalue weighted by atomic mass is 10.1. The SMILES string of the molecule is N#CCCS(=O)(=O)C/C(=C\c1ccc(Cl)cc1)C(=O)N1CCOCC1. The lowest BCUT2D eigenvalue weighted by Gasteiger charge is -2.27. The first-order chi connectivity index (χ1) is 11.9. The summed E-state index contributed by atoms with van der Waals surface area (Å²) in [6, 6.07) is 8.61. The van der Waals surface area contributed by atoms with Crippen LogP contribution in [-0.2, 0) is 19.4 Å². The van der Waals surface area contributed by atoms with E-state index in [1.54, 1.807) is 35.2 Å². The van der Waals surface area contributed by atoms with E-state index < -0.39 is 15.6 Å².